The lowest BCUT2D eigenvalue weighted by atomic mass is 10.2. The lowest BCUT2D eigenvalue weighted by Crippen LogP contribution is -2.12. The fraction of sp³-hybridized carbons (Fsp3) is 0.200. The summed E-state index contributed by atoms with van der Waals surface area (Å²) in [5.74, 6) is 5.40. The van der Waals surface area contributed by atoms with Crippen molar-refractivity contribution in [2.75, 3.05) is 11.9 Å². The van der Waals surface area contributed by atoms with Crippen molar-refractivity contribution >= 4 is 23.2 Å². The maximum absolute atomic E-state index is 12.2. The molecule has 21 heavy (non-hydrogen) atoms. The normalized spacial score (nSPS) is 9.90. The largest absolute Gasteiger partial charge is 0.320 e. The summed E-state index contributed by atoms with van der Waals surface area (Å²) in [6, 6.07) is 5.18. The molecule has 2 aromatic rings. The average Bonchev–Trinajstić information content (AvgIpc) is 2.78. The van der Waals surface area contributed by atoms with Crippen molar-refractivity contribution in [3.05, 3.63) is 46.2 Å². The van der Waals surface area contributed by atoms with Gasteiger partial charge < -0.3 is 11.1 Å². The number of hydrogen-bond acceptors (Lipinski definition) is 3. The van der Waals surface area contributed by atoms with Crippen LogP contribution in [-0.2, 0) is 7.05 Å². The number of carbonyl (C=O) groups is 1. The third-order valence-corrected chi connectivity index (χ3v) is 3.14. The number of nitrogens with one attached hydrogen (secondary N) is 1. The quantitative estimate of drug-likeness (QED) is 0.833. The van der Waals surface area contributed by atoms with E-state index >= 15 is 0 Å². The van der Waals surface area contributed by atoms with E-state index in [-0.39, 0.29) is 12.5 Å². The van der Waals surface area contributed by atoms with E-state index in [0.717, 1.165) is 5.56 Å². The van der Waals surface area contributed by atoms with Crippen LogP contribution in [0.2, 0.25) is 5.02 Å². The molecule has 0 atom stereocenters. The summed E-state index contributed by atoms with van der Waals surface area (Å²) in [7, 11) is 1.76. The summed E-state index contributed by atoms with van der Waals surface area (Å²) in [4.78, 5) is 12.2. The first-order chi connectivity index (χ1) is 10.0. The summed E-state index contributed by atoms with van der Waals surface area (Å²) in [6.07, 6.45) is 1.66. The Morgan fingerprint density at radius 1 is 1.52 bits per heavy atom. The molecule has 0 aliphatic heterocycles. The number of anilines is 1. The van der Waals surface area contributed by atoms with Crippen molar-refractivity contribution in [2.45, 2.75) is 6.92 Å². The van der Waals surface area contributed by atoms with E-state index in [1.807, 2.05) is 0 Å². The Morgan fingerprint density at radius 2 is 2.29 bits per heavy atom. The summed E-state index contributed by atoms with van der Waals surface area (Å²) in [5.41, 5.74) is 7.75. The number of benzene rings is 1. The molecule has 0 saturated heterocycles. The second-order valence-electron chi connectivity index (χ2n) is 4.46. The van der Waals surface area contributed by atoms with Crippen LogP contribution in [0.3, 0.4) is 0 Å². The van der Waals surface area contributed by atoms with Gasteiger partial charge in [0.25, 0.3) is 5.91 Å². The molecule has 5 nitrogen and oxygen atoms in total. The highest BCUT2D eigenvalue weighted by molar-refractivity contribution is 6.34. The van der Waals surface area contributed by atoms with Gasteiger partial charge in [0.1, 0.15) is 0 Å². The number of nitrogens with two attached hydrogens (primary N) is 1. The van der Waals surface area contributed by atoms with E-state index in [1.165, 1.54) is 0 Å². The SMILES string of the molecule is Cc1nn(C)cc1C(=O)Nc1cc(C#CCN)ccc1Cl. The molecule has 1 amide bonds. The van der Waals surface area contributed by atoms with E-state index in [4.69, 9.17) is 17.3 Å². The minimum atomic E-state index is -0.258. The average molecular weight is 303 g/mol. The maximum Gasteiger partial charge on any atom is 0.259 e. The minimum Gasteiger partial charge on any atom is -0.320 e. The molecule has 0 fully saturated rings. The van der Waals surface area contributed by atoms with Crippen molar-refractivity contribution in [1.82, 2.24) is 9.78 Å². The molecule has 1 heterocycles. The molecule has 0 aliphatic carbocycles. The fourth-order valence-electron chi connectivity index (χ4n) is 1.86. The second kappa shape index (κ2) is 6.44. The molecule has 0 saturated carbocycles. The zero-order valence-electron chi connectivity index (χ0n) is 11.8. The predicted molar refractivity (Wildman–Crippen MR) is 83.3 cm³/mol. The Balaban J connectivity index is 2.26. The van der Waals surface area contributed by atoms with E-state index in [9.17, 15) is 4.79 Å². The van der Waals surface area contributed by atoms with Gasteiger partial charge >= 0.3 is 0 Å². The van der Waals surface area contributed by atoms with E-state index < -0.39 is 0 Å². The zero-order chi connectivity index (χ0) is 15.4. The van der Waals surface area contributed by atoms with Gasteiger partial charge in [0.05, 0.1) is 28.5 Å². The van der Waals surface area contributed by atoms with Crippen LogP contribution in [0.15, 0.2) is 24.4 Å². The Morgan fingerprint density at radius 3 is 2.90 bits per heavy atom. The number of amides is 1. The number of hydrogen-bond donors (Lipinski definition) is 2. The summed E-state index contributed by atoms with van der Waals surface area (Å²) in [5, 5.41) is 7.36. The van der Waals surface area contributed by atoms with Gasteiger partial charge in [-0.1, -0.05) is 23.4 Å². The van der Waals surface area contributed by atoms with Crippen LogP contribution in [0.1, 0.15) is 21.6 Å². The lowest BCUT2D eigenvalue weighted by Gasteiger charge is -2.07. The summed E-state index contributed by atoms with van der Waals surface area (Å²) in [6.45, 7) is 2.05. The molecule has 1 aromatic heterocycles. The molecular weight excluding hydrogens is 288 g/mol. The third-order valence-electron chi connectivity index (χ3n) is 2.81. The number of aromatic nitrogens is 2. The van der Waals surface area contributed by atoms with Gasteiger partial charge in [-0.05, 0) is 25.1 Å². The highest BCUT2D eigenvalue weighted by Gasteiger charge is 2.14. The standard InChI is InChI=1S/C15H15ClN4O/c1-10-12(9-20(2)19-10)15(21)18-14-8-11(4-3-7-17)5-6-13(14)16/h5-6,8-9H,7,17H2,1-2H3,(H,18,21). The van der Waals surface area contributed by atoms with Crippen molar-refractivity contribution in [3.63, 3.8) is 0 Å². The van der Waals surface area contributed by atoms with Gasteiger partial charge in [0.2, 0.25) is 0 Å². The zero-order valence-corrected chi connectivity index (χ0v) is 12.5. The van der Waals surface area contributed by atoms with Gasteiger partial charge in [0, 0.05) is 18.8 Å². The first kappa shape index (κ1) is 15.1. The van der Waals surface area contributed by atoms with Gasteiger partial charge in [-0.2, -0.15) is 5.10 Å². The van der Waals surface area contributed by atoms with Crippen LogP contribution in [0.4, 0.5) is 5.69 Å². The molecule has 2 rings (SSSR count). The minimum absolute atomic E-state index is 0.258. The van der Waals surface area contributed by atoms with Crippen LogP contribution in [-0.4, -0.2) is 22.2 Å². The highest BCUT2D eigenvalue weighted by Crippen LogP contribution is 2.23. The van der Waals surface area contributed by atoms with Crippen molar-refractivity contribution in [2.24, 2.45) is 12.8 Å². The number of carbonyl (C=O) groups excluding carboxylic acids is 1. The van der Waals surface area contributed by atoms with E-state index in [0.29, 0.717) is 22.0 Å². The number of halogens is 1. The smallest absolute Gasteiger partial charge is 0.259 e. The Kier molecular flexibility index (Phi) is 4.63. The number of nitrogens with zero attached hydrogens (tertiary/aromatic N) is 2. The van der Waals surface area contributed by atoms with Crippen molar-refractivity contribution in [1.29, 1.82) is 0 Å². The first-order valence-corrected chi connectivity index (χ1v) is 6.69. The molecule has 0 spiro atoms. The Hall–Kier alpha value is -2.29. The molecule has 6 heteroatoms. The maximum atomic E-state index is 12.2. The number of rotatable bonds is 2. The Bertz CT molecular complexity index is 740. The first-order valence-electron chi connectivity index (χ1n) is 6.31. The van der Waals surface area contributed by atoms with Crippen LogP contribution in [0.25, 0.3) is 0 Å². The molecular formula is C15H15ClN4O. The molecule has 0 unspecified atom stereocenters. The Labute approximate surface area is 128 Å². The van der Waals surface area contributed by atoms with E-state index in [2.05, 4.69) is 22.3 Å². The van der Waals surface area contributed by atoms with Crippen LogP contribution in [0, 0.1) is 18.8 Å². The number of aryl methyl sites for hydroxylation is 2. The predicted octanol–water partition coefficient (Wildman–Crippen LogP) is 1.94. The fourth-order valence-corrected chi connectivity index (χ4v) is 2.03. The molecule has 3 N–H and O–H groups in total. The van der Waals surface area contributed by atoms with Crippen molar-refractivity contribution < 1.29 is 4.79 Å². The highest BCUT2D eigenvalue weighted by atomic mass is 35.5. The molecule has 0 radical (unpaired) electrons. The summed E-state index contributed by atoms with van der Waals surface area (Å²) < 4.78 is 1.59. The van der Waals surface area contributed by atoms with Gasteiger partial charge in [-0.3, -0.25) is 9.48 Å². The van der Waals surface area contributed by atoms with E-state index in [1.54, 1.807) is 43.0 Å². The lowest BCUT2D eigenvalue weighted by molar-refractivity contribution is 0.102. The van der Waals surface area contributed by atoms with Crippen molar-refractivity contribution in [3.8, 4) is 11.8 Å². The topological polar surface area (TPSA) is 72.9 Å². The summed E-state index contributed by atoms with van der Waals surface area (Å²) >= 11 is 6.10. The van der Waals surface area contributed by atoms with Gasteiger partial charge in [0.15, 0.2) is 0 Å². The third kappa shape index (κ3) is 3.63. The molecule has 0 bridgehead atoms. The van der Waals surface area contributed by atoms with Gasteiger partial charge in [-0.25, -0.2) is 0 Å². The second-order valence-corrected chi connectivity index (χ2v) is 4.86. The van der Waals surface area contributed by atoms with Crippen LogP contribution < -0.4 is 11.1 Å². The molecule has 0 aliphatic rings. The van der Waals surface area contributed by atoms with Gasteiger partial charge in [-0.15, -0.1) is 0 Å². The molecule has 1 aromatic carbocycles. The van der Waals surface area contributed by atoms with Crippen LogP contribution in [0.5, 0.6) is 0 Å². The monoisotopic (exact) mass is 302 g/mol. The van der Waals surface area contributed by atoms with Crippen LogP contribution >= 0.6 is 11.6 Å². The molecule has 108 valence electrons.